The van der Waals surface area contributed by atoms with E-state index in [2.05, 4.69) is 74.8 Å². The van der Waals surface area contributed by atoms with Crippen LogP contribution in [-0.4, -0.2) is 0 Å². The molecule has 0 aliphatic heterocycles. The Hall–Kier alpha value is -1.28. The minimum absolute atomic E-state index is 0.393. The summed E-state index contributed by atoms with van der Waals surface area (Å²) in [4.78, 5) is 1.41. The highest BCUT2D eigenvalue weighted by molar-refractivity contribution is 7.10. The van der Waals surface area contributed by atoms with E-state index in [1.165, 1.54) is 22.5 Å². The van der Waals surface area contributed by atoms with Gasteiger partial charge in [-0.05, 0) is 47.4 Å². The van der Waals surface area contributed by atoms with E-state index < -0.39 is 0 Å². The van der Waals surface area contributed by atoms with Crippen molar-refractivity contribution >= 4 is 17.0 Å². The summed E-state index contributed by atoms with van der Waals surface area (Å²) < 4.78 is 0. The maximum Gasteiger partial charge on any atom is 0.0629 e. The molecule has 2 atom stereocenters. The molecular weight excluding hydrogens is 262 g/mol. The third-order valence-corrected chi connectivity index (χ3v) is 4.89. The van der Waals surface area contributed by atoms with Gasteiger partial charge in [0.05, 0.1) is 6.04 Å². The van der Waals surface area contributed by atoms with Gasteiger partial charge in [-0.2, -0.15) is 0 Å². The summed E-state index contributed by atoms with van der Waals surface area (Å²) in [6.45, 7) is 9.06. The van der Waals surface area contributed by atoms with Gasteiger partial charge >= 0.3 is 0 Å². The van der Waals surface area contributed by atoms with E-state index in [-0.39, 0.29) is 0 Å². The zero-order valence-corrected chi connectivity index (χ0v) is 13.7. The first-order valence-electron chi connectivity index (χ1n) is 7.51. The third kappa shape index (κ3) is 3.63. The van der Waals surface area contributed by atoms with Crippen LogP contribution in [0.4, 0.5) is 5.69 Å². The van der Waals surface area contributed by atoms with Crippen LogP contribution in [0, 0.1) is 5.92 Å². The van der Waals surface area contributed by atoms with Crippen molar-refractivity contribution in [3.05, 3.63) is 52.2 Å². The van der Waals surface area contributed by atoms with Crippen LogP contribution in [-0.2, 0) is 0 Å². The fourth-order valence-electron chi connectivity index (χ4n) is 2.36. The number of hydrogen-bond donors (Lipinski definition) is 1. The van der Waals surface area contributed by atoms with Crippen molar-refractivity contribution < 1.29 is 0 Å². The maximum atomic E-state index is 3.68. The van der Waals surface area contributed by atoms with Crippen molar-refractivity contribution in [2.45, 2.75) is 46.1 Å². The van der Waals surface area contributed by atoms with Crippen LogP contribution in [0.2, 0.25) is 0 Å². The van der Waals surface area contributed by atoms with Gasteiger partial charge in [-0.3, -0.25) is 0 Å². The zero-order valence-electron chi connectivity index (χ0n) is 12.9. The highest BCUT2D eigenvalue weighted by Gasteiger charge is 2.16. The minimum Gasteiger partial charge on any atom is -0.377 e. The van der Waals surface area contributed by atoms with Gasteiger partial charge in [0.1, 0.15) is 0 Å². The van der Waals surface area contributed by atoms with Gasteiger partial charge in [0, 0.05) is 10.6 Å². The Bertz CT molecular complexity index is 499. The second-order valence-electron chi connectivity index (χ2n) is 5.81. The lowest BCUT2D eigenvalue weighted by Crippen LogP contribution is -2.15. The van der Waals surface area contributed by atoms with E-state index in [4.69, 9.17) is 0 Å². The summed E-state index contributed by atoms with van der Waals surface area (Å²) in [5.74, 6) is 1.21. The van der Waals surface area contributed by atoms with Crippen LogP contribution in [0.5, 0.6) is 0 Å². The number of nitrogens with one attached hydrogen (secondary N) is 1. The first-order valence-corrected chi connectivity index (χ1v) is 8.39. The van der Waals surface area contributed by atoms with Crippen LogP contribution >= 0.6 is 11.3 Å². The fourth-order valence-corrected chi connectivity index (χ4v) is 3.31. The summed E-state index contributed by atoms with van der Waals surface area (Å²) in [5, 5.41) is 5.83. The zero-order chi connectivity index (χ0) is 14.5. The summed E-state index contributed by atoms with van der Waals surface area (Å²) >= 11 is 1.83. The molecule has 1 heterocycles. The van der Waals surface area contributed by atoms with Gasteiger partial charge < -0.3 is 5.32 Å². The van der Waals surface area contributed by atoms with Crippen molar-refractivity contribution in [2.24, 2.45) is 5.92 Å². The molecule has 0 bridgehead atoms. The van der Waals surface area contributed by atoms with Crippen LogP contribution < -0.4 is 5.32 Å². The lowest BCUT2D eigenvalue weighted by molar-refractivity contribution is 0.554. The molecule has 0 amide bonds. The van der Waals surface area contributed by atoms with Crippen molar-refractivity contribution in [1.29, 1.82) is 0 Å². The van der Waals surface area contributed by atoms with Gasteiger partial charge in [-0.25, -0.2) is 0 Å². The van der Waals surface area contributed by atoms with Crippen molar-refractivity contribution in [3.63, 3.8) is 0 Å². The standard InChI is InChI=1S/C18H25NS/c1-5-14(4)15-8-10-16(11-9-15)19-18(13(2)3)17-7-6-12-20-17/h6-14,18-19H,5H2,1-4H3. The molecule has 108 valence electrons. The Morgan fingerprint density at radius 3 is 2.25 bits per heavy atom. The summed E-state index contributed by atoms with van der Waals surface area (Å²) in [7, 11) is 0. The summed E-state index contributed by atoms with van der Waals surface area (Å²) in [6.07, 6.45) is 1.19. The van der Waals surface area contributed by atoms with E-state index in [1.807, 2.05) is 11.3 Å². The molecule has 0 saturated carbocycles. The Balaban J connectivity index is 2.11. The van der Waals surface area contributed by atoms with Crippen molar-refractivity contribution in [2.75, 3.05) is 5.32 Å². The third-order valence-electron chi connectivity index (χ3n) is 3.93. The van der Waals surface area contributed by atoms with Crippen LogP contribution in [0.25, 0.3) is 0 Å². The smallest absolute Gasteiger partial charge is 0.0629 e. The van der Waals surface area contributed by atoms with Crippen molar-refractivity contribution in [1.82, 2.24) is 0 Å². The van der Waals surface area contributed by atoms with Gasteiger partial charge in [-0.15, -0.1) is 11.3 Å². The minimum atomic E-state index is 0.393. The molecule has 2 unspecified atom stereocenters. The van der Waals surface area contributed by atoms with E-state index in [0.717, 1.165) is 0 Å². The molecule has 0 spiro atoms. The number of rotatable bonds is 6. The lowest BCUT2D eigenvalue weighted by atomic mass is 9.98. The predicted octanol–water partition coefficient (Wildman–Crippen LogP) is 6.07. The molecule has 1 nitrogen and oxygen atoms in total. The average molecular weight is 287 g/mol. The average Bonchev–Trinajstić information content (AvgIpc) is 2.98. The normalized spacial score (nSPS) is 14.2. The highest BCUT2D eigenvalue weighted by Crippen LogP contribution is 2.30. The molecule has 2 rings (SSSR count). The number of hydrogen-bond acceptors (Lipinski definition) is 2. The Morgan fingerprint density at radius 2 is 1.75 bits per heavy atom. The summed E-state index contributed by atoms with van der Waals surface area (Å²) in [5.41, 5.74) is 2.64. The number of benzene rings is 1. The molecule has 2 heteroatoms. The maximum absolute atomic E-state index is 3.68. The Labute approximate surface area is 127 Å². The van der Waals surface area contributed by atoms with Gasteiger partial charge in [0.25, 0.3) is 0 Å². The molecule has 1 aromatic carbocycles. The first-order chi connectivity index (χ1) is 9.61. The number of thiophene rings is 1. The van der Waals surface area contributed by atoms with E-state index >= 15 is 0 Å². The van der Waals surface area contributed by atoms with Crippen molar-refractivity contribution in [3.8, 4) is 0 Å². The van der Waals surface area contributed by atoms with E-state index in [1.54, 1.807) is 0 Å². The first kappa shape index (κ1) is 15.1. The van der Waals surface area contributed by atoms with Crippen LogP contribution in [0.3, 0.4) is 0 Å². The molecular formula is C18H25NS. The second-order valence-corrected chi connectivity index (χ2v) is 6.79. The predicted molar refractivity (Wildman–Crippen MR) is 90.7 cm³/mol. The molecule has 20 heavy (non-hydrogen) atoms. The largest absolute Gasteiger partial charge is 0.377 e. The fraction of sp³-hybridized carbons (Fsp3) is 0.444. The molecule has 0 aliphatic carbocycles. The summed E-state index contributed by atoms with van der Waals surface area (Å²) in [6, 6.07) is 13.7. The lowest BCUT2D eigenvalue weighted by Gasteiger charge is -2.23. The van der Waals surface area contributed by atoms with Crippen LogP contribution in [0.1, 0.15) is 56.5 Å². The monoisotopic (exact) mass is 287 g/mol. The molecule has 0 saturated heterocycles. The number of anilines is 1. The Kier molecular flexibility index (Phi) is 5.24. The van der Waals surface area contributed by atoms with Gasteiger partial charge in [0.2, 0.25) is 0 Å². The van der Waals surface area contributed by atoms with E-state index in [9.17, 15) is 0 Å². The SMILES string of the molecule is CCC(C)c1ccc(NC(c2cccs2)C(C)C)cc1. The van der Waals surface area contributed by atoms with Crippen LogP contribution in [0.15, 0.2) is 41.8 Å². The quantitative estimate of drug-likeness (QED) is 0.679. The molecule has 0 fully saturated rings. The Morgan fingerprint density at radius 1 is 1.05 bits per heavy atom. The molecule has 1 aromatic heterocycles. The second kappa shape index (κ2) is 6.94. The molecule has 2 aromatic rings. The highest BCUT2D eigenvalue weighted by atomic mass is 32.1. The van der Waals surface area contributed by atoms with Gasteiger partial charge in [0.15, 0.2) is 0 Å². The van der Waals surface area contributed by atoms with E-state index in [0.29, 0.717) is 17.9 Å². The molecule has 0 aliphatic rings. The molecule has 0 radical (unpaired) electrons. The topological polar surface area (TPSA) is 12.0 Å². The van der Waals surface area contributed by atoms with Gasteiger partial charge in [-0.1, -0.05) is 45.9 Å². The molecule has 1 N–H and O–H groups in total.